The summed E-state index contributed by atoms with van der Waals surface area (Å²) in [6.07, 6.45) is 0. The molecule has 1 amide bonds. The smallest absolute Gasteiger partial charge is 0.337 e. The lowest BCUT2D eigenvalue weighted by Crippen LogP contribution is -2.52. The molecule has 8 heteroatoms. The van der Waals surface area contributed by atoms with Crippen LogP contribution in [-0.2, 0) is 19.6 Å². The largest absolute Gasteiger partial charge is 0.465 e. The van der Waals surface area contributed by atoms with Gasteiger partial charge < -0.3 is 10.1 Å². The summed E-state index contributed by atoms with van der Waals surface area (Å²) in [4.78, 5) is 23.9. The molecule has 0 saturated carbocycles. The molecular formula is C18H18N2O5S. The second-order valence-electron chi connectivity index (χ2n) is 5.74. The Morgan fingerprint density at radius 1 is 1.12 bits per heavy atom. The van der Waals surface area contributed by atoms with E-state index in [4.69, 9.17) is 0 Å². The van der Waals surface area contributed by atoms with Gasteiger partial charge >= 0.3 is 5.97 Å². The van der Waals surface area contributed by atoms with Crippen molar-refractivity contribution in [3.05, 3.63) is 65.7 Å². The van der Waals surface area contributed by atoms with Crippen LogP contribution in [0.15, 0.2) is 59.5 Å². The van der Waals surface area contributed by atoms with E-state index in [-0.39, 0.29) is 29.5 Å². The zero-order chi connectivity index (χ0) is 18.7. The lowest BCUT2D eigenvalue weighted by Gasteiger charge is -2.34. The molecule has 1 aliphatic heterocycles. The minimum Gasteiger partial charge on any atom is -0.465 e. The van der Waals surface area contributed by atoms with Gasteiger partial charge in [0.1, 0.15) is 6.04 Å². The maximum Gasteiger partial charge on any atom is 0.337 e. The summed E-state index contributed by atoms with van der Waals surface area (Å²) in [5.41, 5.74) is 0.849. The van der Waals surface area contributed by atoms with Crippen molar-refractivity contribution in [2.24, 2.45) is 0 Å². The number of carbonyl (C=O) groups is 2. The predicted octanol–water partition coefficient (Wildman–Crippen LogP) is 1.33. The summed E-state index contributed by atoms with van der Waals surface area (Å²) in [5.74, 6) is -0.911. The molecule has 2 aromatic rings. The van der Waals surface area contributed by atoms with E-state index in [0.29, 0.717) is 5.56 Å². The molecular weight excluding hydrogens is 356 g/mol. The lowest BCUT2D eigenvalue weighted by atomic mass is 10.1. The first-order chi connectivity index (χ1) is 12.4. The van der Waals surface area contributed by atoms with Gasteiger partial charge in [-0.3, -0.25) is 4.79 Å². The number of amides is 1. The third-order valence-corrected chi connectivity index (χ3v) is 6.04. The molecule has 0 aliphatic carbocycles. The summed E-state index contributed by atoms with van der Waals surface area (Å²) < 4.78 is 32.0. The van der Waals surface area contributed by atoms with Crippen LogP contribution in [0.2, 0.25) is 0 Å². The number of carbonyl (C=O) groups excluding carboxylic acids is 2. The van der Waals surface area contributed by atoms with Crippen molar-refractivity contribution in [1.82, 2.24) is 9.62 Å². The molecule has 1 fully saturated rings. The minimum absolute atomic E-state index is 0.0146. The number of nitrogens with zero attached hydrogens (tertiary/aromatic N) is 1. The molecule has 0 bridgehead atoms. The summed E-state index contributed by atoms with van der Waals surface area (Å²) in [5, 5.41) is 2.71. The van der Waals surface area contributed by atoms with Crippen LogP contribution in [-0.4, -0.2) is 44.8 Å². The minimum atomic E-state index is -3.92. The Morgan fingerprint density at radius 2 is 1.77 bits per heavy atom. The van der Waals surface area contributed by atoms with Crippen molar-refractivity contribution >= 4 is 21.9 Å². The van der Waals surface area contributed by atoms with E-state index in [1.807, 2.05) is 0 Å². The molecule has 0 spiro atoms. The highest BCUT2D eigenvalue weighted by Gasteiger charge is 2.39. The number of hydrogen-bond donors (Lipinski definition) is 1. The molecule has 7 nitrogen and oxygen atoms in total. The first kappa shape index (κ1) is 18.1. The number of methoxy groups -OCH3 is 1. The number of rotatable bonds is 4. The number of ether oxygens (including phenoxy) is 1. The maximum absolute atomic E-state index is 13.1. The zero-order valence-electron chi connectivity index (χ0n) is 14.1. The summed E-state index contributed by atoms with van der Waals surface area (Å²) in [6, 6.07) is 13.3. The van der Waals surface area contributed by atoms with Crippen molar-refractivity contribution in [1.29, 1.82) is 0 Å². The molecule has 26 heavy (non-hydrogen) atoms. The zero-order valence-corrected chi connectivity index (χ0v) is 14.9. The van der Waals surface area contributed by atoms with Crippen LogP contribution in [0.5, 0.6) is 0 Å². The Bertz CT molecular complexity index is 910. The van der Waals surface area contributed by atoms with Crippen LogP contribution in [0.1, 0.15) is 22.0 Å². The van der Waals surface area contributed by atoms with Crippen molar-refractivity contribution in [3.8, 4) is 0 Å². The standard InChI is InChI=1S/C18H18N2O5S/c1-25-18(22)14-7-9-15(10-8-14)26(23,24)20-12-11-19-17(21)16(20)13-5-3-2-4-6-13/h2-10,16H,11-12H2,1H3,(H,19,21)/t16-/m0/s1. The Morgan fingerprint density at radius 3 is 2.38 bits per heavy atom. The highest BCUT2D eigenvalue weighted by atomic mass is 32.2. The Labute approximate surface area is 151 Å². The molecule has 136 valence electrons. The molecule has 1 heterocycles. The summed E-state index contributed by atoms with van der Waals surface area (Å²) >= 11 is 0. The molecule has 1 atom stereocenters. The van der Waals surface area contributed by atoms with Crippen LogP contribution in [0, 0.1) is 0 Å². The van der Waals surface area contributed by atoms with E-state index < -0.39 is 22.0 Å². The quantitative estimate of drug-likeness (QED) is 0.815. The van der Waals surface area contributed by atoms with Crippen LogP contribution in [0.4, 0.5) is 0 Å². The SMILES string of the molecule is COC(=O)c1ccc(S(=O)(=O)N2CCNC(=O)[C@@H]2c2ccccc2)cc1. The second kappa shape index (κ2) is 7.27. The Hall–Kier alpha value is -2.71. The van der Waals surface area contributed by atoms with Gasteiger partial charge in [0.25, 0.3) is 0 Å². The van der Waals surface area contributed by atoms with E-state index in [0.717, 1.165) is 0 Å². The highest BCUT2D eigenvalue weighted by Crippen LogP contribution is 2.29. The topological polar surface area (TPSA) is 92.8 Å². The van der Waals surface area contributed by atoms with E-state index >= 15 is 0 Å². The van der Waals surface area contributed by atoms with Gasteiger partial charge in [0.15, 0.2) is 0 Å². The Kier molecular flexibility index (Phi) is 5.06. The van der Waals surface area contributed by atoms with Crippen molar-refractivity contribution in [2.45, 2.75) is 10.9 Å². The van der Waals surface area contributed by atoms with Gasteiger partial charge in [0, 0.05) is 13.1 Å². The van der Waals surface area contributed by atoms with Crippen LogP contribution >= 0.6 is 0 Å². The third kappa shape index (κ3) is 3.33. The lowest BCUT2D eigenvalue weighted by molar-refractivity contribution is -0.126. The molecule has 1 aliphatic rings. The van der Waals surface area contributed by atoms with Gasteiger partial charge in [0.05, 0.1) is 17.6 Å². The first-order valence-corrected chi connectivity index (χ1v) is 9.42. The summed E-state index contributed by atoms with van der Waals surface area (Å²) in [6.45, 7) is 0.397. The van der Waals surface area contributed by atoms with Gasteiger partial charge in [-0.25, -0.2) is 13.2 Å². The van der Waals surface area contributed by atoms with E-state index in [2.05, 4.69) is 10.1 Å². The van der Waals surface area contributed by atoms with Gasteiger partial charge in [-0.1, -0.05) is 30.3 Å². The predicted molar refractivity (Wildman–Crippen MR) is 93.9 cm³/mol. The maximum atomic E-state index is 13.1. The Balaban J connectivity index is 1.98. The van der Waals surface area contributed by atoms with E-state index in [9.17, 15) is 18.0 Å². The van der Waals surface area contributed by atoms with Crippen molar-refractivity contribution in [2.75, 3.05) is 20.2 Å². The fourth-order valence-corrected chi connectivity index (χ4v) is 4.45. The highest BCUT2D eigenvalue weighted by molar-refractivity contribution is 7.89. The monoisotopic (exact) mass is 374 g/mol. The normalized spacial score (nSPS) is 18.2. The molecule has 2 aromatic carbocycles. The molecule has 0 aromatic heterocycles. The first-order valence-electron chi connectivity index (χ1n) is 7.98. The molecule has 0 unspecified atom stereocenters. The second-order valence-corrected chi connectivity index (χ2v) is 7.63. The van der Waals surface area contributed by atoms with Crippen LogP contribution in [0.25, 0.3) is 0 Å². The average molecular weight is 374 g/mol. The average Bonchev–Trinajstić information content (AvgIpc) is 2.68. The summed E-state index contributed by atoms with van der Waals surface area (Å²) in [7, 11) is -2.67. The van der Waals surface area contributed by atoms with E-state index in [1.54, 1.807) is 30.3 Å². The fourth-order valence-electron chi connectivity index (χ4n) is 2.87. The van der Waals surface area contributed by atoms with Crippen molar-refractivity contribution < 1.29 is 22.7 Å². The van der Waals surface area contributed by atoms with Gasteiger partial charge in [0.2, 0.25) is 15.9 Å². The molecule has 3 rings (SSSR count). The number of sulfonamides is 1. The van der Waals surface area contributed by atoms with Gasteiger partial charge in [-0.2, -0.15) is 4.31 Å². The third-order valence-electron chi connectivity index (χ3n) is 4.17. The molecule has 1 N–H and O–H groups in total. The molecule has 0 radical (unpaired) electrons. The fraction of sp³-hybridized carbons (Fsp3) is 0.222. The number of nitrogens with one attached hydrogen (secondary N) is 1. The molecule has 1 saturated heterocycles. The van der Waals surface area contributed by atoms with Crippen molar-refractivity contribution in [3.63, 3.8) is 0 Å². The number of piperazine rings is 1. The number of hydrogen-bond acceptors (Lipinski definition) is 5. The number of esters is 1. The van der Waals surface area contributed by atoms with E-state index in [1.165, 1.54) is 35.7 Å². The van der Waals surface area contributed by atoms with Crippen LogP contribution in [0.3, 0.4) is 0 Å². The van der Waals surface area contributed by atoms with Gasteiger partial charge in [-0.15, -0.1) is 0 Å². The number of benzene rings is 2. The van der Waals surface area contributed by atoms with Crippen LogP contribution < -0.4 is 5.32 Å². The van der Waals surface area contributed by atoms with Gasteiger partial charge in [-0.05, 0) is 29.8 Å².